The van der Waals surface area contributed by atoms with Crippen molar-refractivity contribution in [1.82, 2.24) is 0 Å². The first kappa shape index (κ1) is 17.5. The highest BCUT2D eigenvalue weighted by Crippen LogP contribution is 2.72. The zero-order chi connectivity index (χ0) is 17.0. The third-order valence-corrected chi connectivity index (χ3v) is 10.4. The van der Waals surface area contributed by atoms with Crippen LogP contribution in [0.3, 0.4) is 0 Å². The Morgan fingerprint density at radius 3 is 1.12 bits per heavy atom. The highest BCUT2D eigenvalue weighted by atomic mass is 35.7. The normalized spacial score (nSPS) is 13.3. The number of hydrogen-bond donors (Lipinski definition) is 0. The maximum Gasteiger partial charge on any atom is 0.260 e. The van der Waals surface area contributed by atoms with E-state index in [2.05, 4.69) is 109 Å². The third-order valence-electron chi connectivity index (χ3n) is 3.72. The average molecular weight is 372 g/mol. The summed E-state index contributed by atoms with van der Waals surface area (Å²) in [5, 5.41) is 0. The topological polar surface area (TPSA) is 0 Å². The molecule has 0 unspecified atom stereocenters. The molecule has 0 saturated carbocycles. The lowest BCUT2D eigenvalue weighted by Gasteiger charge is -2.45. The highest BCUT2D eigenvalue weighted by Gasteiger charge is 2.36. The molecule has 0 fully saturated rings. The fourth-order valence-electron chi connectivity index (χ4n) is 2.82. The second-order valence-corrected chi connectivity index (χ2v) is 14.4. The molecule has 0 atom stereocenters. The molecular formula is C20H21BClS2. The van der Waals surface area contributed by atoms with Gasteiger partial charge in [-0.3, -0.25) is 0 Å². The molecule has 0 amide bonds. The Morgan fingerprint density at radius 2 is 0.875 bits per heavy atom. The van der Waals surface area contributed by atoms with Crippen LogP contribution in [-0.4, -0.2) is 18.3 Å². The monoisotopic (exact) mass is 371 g/mol. The summed E-state index contributed by atoms with van der Waals surface area (Å²) in [4.78, 5) is 3.97. The van der Waals surface area contributed by atoms with E-state index in [1.165, 1.54) is 14.7 Å². The van der Waals surface area contributed by atoms with Gasteiger partial charge in [0.15, 0.2) is 0 Å². The first-order chi connectivity index (χ1) is 11.5. The number of hydrogen-bond acceptors (Lipinski definition) is 0. The zero-order valence-electron chi connectivity index (χ0n) is 13.9. The average Bonchev–Trinajstić information content (AvgIpc) is 2.61. The van der Waals surface area contributed by atoms with Gasteiger partial charge >= 0.3 is 0 Å². The van der Waals surface area contributed by atoms with Gasteiger partial charge in [0.1, 0.15) is 0 Å². The van der Waals surface area contributed by atoms with Crippen LogP contribution in [0, 0.1) is 0 Å². The molecule has 0 aliphatic rings. The fraction of sp³-hybridized carbons (Fsp3) is 0.100. The van der Waals surface area contributed by atoms with Crippen LogP contribution in [0.2, 0.25) is 0 Å². The van der Waals surface area contributed by atoms with Crippen LogP contribution in [0.4, 0.5) is 0 Å². The minimum absolute atomic E-state index is 1.32. The first-order valence-electron chi connectivity index (χ1n) is 7.79. The van der Waals surface area contributed by atoms with Crippen molar-refractivity contribution >= 4 is 35.5 Å². The van der Waals surface area contributed by atoms with Crippen LogP contribution < -0.4 is 0 Å². The Morgan fingerprint density at radius 1 is 0.583 bits per heavy atom. The molecule has 0 aliphatic carbocycles. The van der Waals surface area contributed by atoms with E-state index in [0.717, 1.165) is 0 Å². The van der Waals surface area contributed by atoms with E-state index in [1.807, 2.05) is 0 Å². The van der Waals surface area contributed by atoms with Gasteiger partial charge in [-0.25, -0.2) is 0 Å². The quantitative estimate of drug-likeness (QED) is 0.437. The molecule has 0 spiro atoms. The summed E-state index contributed by atoms with van der Waals surface area (Å²) in [6, 6.07) is 32.3. The minimum atomic E-state index is -1.51. The van der Waals surface area contributed by atoms with Crippen molar-refractivity contribution in [2.75, 3.05) is 12.5 Å². The van der Waals surface area contributed by atoms with E-state index in [4.69, 9.17) is 10.7 Å². The zero-order valence-corrected chi connectivity index (χ0v) is 16.3. The van der Waals surface area contributed by atoms with Crippen LogP contribution in [-0.2, 0) is 0 Å². The molecule has 0 aliphatic heterocycles. The number of benzene rings is 3. The third kappa shape index (κ3) is 3.69. The van der Waals surface area contributed by atoms with Crippen molar-refractivity contribution in [2.45, 2.75) is 14.7 Å². The van der Waals surface area contributed by atoms with Crippen molar-refractivity contribution in [3.8, 4) is 0 Å². The maximum absolute atomic E-state index is 6.82. The van der Waals surface area contributed by atoms with Gasteiger partial charge in [-0.15, -0.1) is 0 Å². The summed E-state index contributed by atoms with van der Waals surface area (Å²) >= 11 is 0. The van der Waals surface area contributed by atoms with Gasteiger partial charge in [0.2, 0.25) is 0 Å². The smallest absolute Gasteiger partial charge is 0.192 e. The molecular weight excluding hydrogens is 351 g/mol. The summed E-state index contributed by atoms with van der Waals surface area (Å²) in [5.74, 6) is 2.42. The molecule has 0 saturated heterocycles. The summed E-state index contributed by atoms with van der Waals surface area (Å²) in [6.07, 6.45) is 4.29. The lowest BCUT2D eigenvalue weighted by atomic mass is 10.4. The predicted molar refractivity (Wildman–Crippen MR) is 113 cm³/mol. The molecule has 0 heterocycles. The Bertz CT molecular complexity index is 674. The molecule has 3 aromatic rings. The minimum Gasteiger partial charge on any atom is -0.192 e. The number of rotatable bonds is 5. The Kier molecular flexibility index (Phi) is 5.34. The van der Waals surface area contributed by atoms with Gasteiger partial charge in [0.05, 0.1) is 0 Å². The van der Waals surface area contributed by atoms with Crippen LogP contribution in [0.25, 0.3) is 0 Å². The van der Waals surface area contributed by atoms with E-state index in [0.29, 0.717) is 0 Å². The molecule has 4 heteroatoms. The molecule has 0 bridgehead atoms. The van der Waals surface area contributed by atoms with Crippen molar-refractivity contribution in [1.29, 1.82) is 0 Å². The predicted octanol–water partition coefficient (Wildman–Crippen LogP) is 6.72. The van der Waals surface area contributed by atoms with E-state index in [1.54, 1.807) is 0 Å². The summed E-state index contributed by atoms with van der Waals surface area (Å²) in [5.41, 5.74) is 0. The molecule has 3 aromatic carbocycles. The van der Waals surface area contributed by atoms with Crippen molar-refractivity contribution in [3.63, 3.8) is 0 Å². The largest absolute Gasteiger partial charge is 0.260 e. The highest BCUT2D eigenvalue weighted by molar-refractivity contribution is 8.84. The van der Waals surface area contributed by atoms with Gasteiger partial charge in [0, 0.05) is 0 Å². The van der Waals surface area contributed by atoms with Crippen LogP contribution >= 0.6 is 29.7 Å². The van der Waals surface area contributed by atoms with Gasteiger partial charge in [-0.2, -0.15) is 19.0 Å². The van der Waals surface area contributed by atoms with E-state index in [9.17, 15) is 0 Å². The van der Waals surface area contributed by atoms with E-state index in [-0.39, 0.29) is 0 Å². The number of halogens is 1. The van der Waals surface area contributed by atoms with Crippen molar-refractivity contribution in [3.05, 3.63) is 91.0 Å². The first-order valence-corrected chi connectivity index (χ1v) is 12.8. The van der Waals surface area contributed by atoms with Gasteiger partial charge in [0.25, 0.3) is 5.84 Å². The second kappa shape index (κ2) is 7.31. The SMILES string of the molecule is CS(C)(Cl)[B]S(c1ccccc1)(c1ccccc1)c1ccccc1. The second-order valence-electron chi connectivity index (χ2n) is 5.97. The Hall–Kier alpha value is -1.29. The lowest BCUT2D eigenvalue weighted by molar-refractivity contribution is 1.32. The van der Waals surface area contributed by atoms with Gasteiger partial charge < -0.3 is 0 Å². The van der Waals surface area contributed by atoms with E-state index < -0.39 is 19.0 Å². The van der Waals surface area contributed by atoms with Gasteiger partial charge in [-0.05, 0) is 27.2 Å². The Labute approximate surface area is 153 Å². The molecule has 24 heavy (non-hydrogen) atoms. The summed E-state index contributed by atoms with van der Waals surface area (Å²) in [7, 11) is 3.96. The van der Waals surface area contributed by atoms with Crippen LogP contribution in [0.15, 0.2) is 106 Å². The fourth-order valence-corrected chi connectivity index (χ4v) is 10.5. The molecule has 0 N–H and O–H groups in total. The maximum atomic E-state index is 6.82. The molecule has 0 aromatic heterocycles. The Balaban J connectivity index is 2.33. The van der Waals surface area contributed by atoms with Crippen LogP contribution in [0.5, 0.6) is 0 Å². The van der Waals surface area contributed by atoms with Crippen molar-refractivity contribution in [2.24, 2.45) is 0 Å². The van der Waals surface area contributed by atoms with E-state index >= 15 is 0 Å². The van der Waals surface area contributed by atoms with Crippen LogP contribution in [0.1, 0.15) is 0 Å². The van der Waals surface area contributed by atoms with Crippen molar-refractivity contribution < 1.29 is 0 Å². The molecule has 0 nitrogen and oxygen atoms in total. The summed E-state index contributed by atoms with van der Waals surface area (Å²) in [6.45, 7) is 0. The lowest BCUT2D eigenvalue weighted by Crippen LogP contribution is -2.14. The molecule has 1 radical (unpaired) electrons. The molecule has 123 valence electrons. The standard InChI is InChI=1S/C20H21BClS2/c1-23(2,22)21-24(18-12-6-3-7-13-18,19-14-8-4-9-15-19)20-16-10-5-11-17-20/h3-17H,1-2H3. The summed E-state index contributed by atoms with van der Waals surface area (Å²) < 4.78 is 0. The van der Waals surface area contributed by atoms with Gasteiger partial charge in [-0.1, -0.05) is 102 Å². The molecule has 3 rings (SSSR count).